The number of carbonyl (C=O) groups excluding carboxylic acids is 1. The molecule has 1 heterocycles. The predicted molar refractivity (Wildman–Crippen MR) is 85.9 cm³/mol. The molecule has 6 heteroatoms. The van der Waals surface area contributed by atoms with Gasteiger partial charge in [-0.05, 0) is 39.8 Å². The summed E-state index contributed by atoms with van der Waals surface area (Å²) in [5.41, 5.74) is 0.436. The molecule has 0 spiro atoms. The van der Waals surface area contributed by atoms with Crippen LogP contribution < -0.4 is 15.5 Å². The van der Waals surface area contributed by atoms with Crippen LogP contribution in [0.1, 0.15) is 27.7 Å². The average molecular weight is 294 g/mol. The van der Waals surface area contributed by atoms with Crippen LogP contribution in [-0.2, 0) is 4.74 Å². The molecule has 118 valence electrons. The molecular formula is C15H26N4O2. The van der Waals surface area contributed by atoms with E-state index in [4.69, 9.17) is 4.74 Å². The van der Waals surface area contributed by atoms with Crippen LogP contribution in [0.3, 0.4) is 0 Å². The number of hydrogen-bond donors (Lipinski definition) is 2. The standard InChI is InChI=1S/C15H26N4O2/c1-11(9-17-14(20)21-15(2,3)4)18-12-7-8-13(16-10-12)19(5)6/h7-8,10-11,18H,9H2,1-6H3,(H,17,20). The Balaban J connectivity index is 2.40. The minimum absolute atomic E-state index is 0.0736. The number of amides is 1. The zero-order valence-corrected chi connectivity index (χ0v) is 13.7. The molecule has 6 nitrogen and oxygen atoms in total. The molecule has 0 saturated carbocycles. The maximum atomic E-state index is 11.6. The fourth-order valence-corrected chi connectivity index (χ4v) is 1.62. The number of hydrogen-bond acceptors (Lipinski definition) is 5. The van der Waals surface area contributed by atoms with Crippen molar-refractivity contribution in [2.24, 2.45) is 0 Å². The van der Waals surface area contributed by atoms with E-state index in [1.54, 1.807) is 6.20 Å². The van der Waals surface area contributed by atoms with Crippen LogP contribution in [-0.4, -0.2) is 43.4 Å². The van der Waals surface area contributed by atoms with E-state index in [-0.39, 0.29) is 6.04 Å². The zero-order valence-electron chi connectivity index (χ0n) is 13.7. The van der Waals surface area contributed by atoms with E-state index in [2.05, 4.69) is 15.6 Å². The maximum Gasteiger partial charge on any atom is 0.407 e. The largest absolute Gasteiger partial charge is 0.444 e. The number of nitrogens with zero attached hydrogens (tertiary/aromatic N) is 2. The van der Waals surface area contributed by atoms with E-state index in [1.807, 2.05) is 58.8 Å². The summed E-state index contributed by atoms with van der Waals surface area (Å²) >= 11 is 0. The van der Waals surface area contributed by atoms with E-state index < -0.39 is 11.7 Å². The fraction of sp³-hybridized carbons (Fsp3) is 0.600. The summed E-state index contributed by atoms with van der Waals surface area (Å²) in [6, 6.07) is 3.98. The normalized spacial score (nSPS) is 12.5. The van der Waals surface area contributed by atoms with Crippen LogP contribution in [0.5, 0.6) is 0 Å². The van der Waals surface area contributed by atoms with Crippen LogP contribution in [0.2, 0.25) is 0 Å². The lowest BCUT2D eigenvalue weighted by molar-refractivity contribution is 0.0526. The number of rotatable bonds is 5. The molecule has 21 heavy (non-hydrogen) atoms. The van der Waals surface area contributed by atoms with Gasteiger partial charge in [0.1, 0.15) is 11.4 Å². The molecule has 1 aromatic rings. The molecule has 1 atom stereocenters. The minimum atomic E-state index is -0.479. The van der Waals surface area contributed by atoms with Gasteiger partial charge in [-0.3, -0.25) is 0 Å². The number of alkyl carbamates (subject to hydrolysis) is 1. The Morgan fingerprint density at radius 3 is 2.52 bits per heavy atom. The lowest BCUT2D eigenvalue weighted by atomic mass is 10.2. The Hall–Kier alpha value is -1.98. The average Bonchev–Trinajstić information content (AvgIpc) is 2.35. The highest BCUT2D eigenvalue weighted by Crippen LogP contribution is 2.12. The van der Waals surface area contributed by atoms with Crippen molar-refractivity contribution in [3.63, 3.8) is 0 Å². The van der Waals surface area contributed by atoms with E-state index in [0.29, 0.717) is 6.54 Å². The molecule has 0 radical (unpaired) electrons. The predicted octanol–water partition coefficient (Wildman–Crippen LogP) is 2.47. The molecule has 0 aliphatic carbocycles. The molecule has 0 bridgehead atoms. The minimum Gasteiger partial charge on any atom is -0.444 e. The van der Waals surface area contributed by atoms with Crippen molar-refractivity contribution in [3.05, 3.63) is 18.3 Å². The lowest BCUT2D eigenvalue weighted by Crippen LogP contribution is -2.38. The number of pyridine rings is 1. The molecule has 0 fully saturated rings. The van der Waals surface area contributed by atoms with Crippen LogP contribution >= 0.6 is 0 Å². The van der Waals surface area contributed by atoms with Crippen LogP contribution in [0.4, 0.5) is 16.3 Å². The Morgan fingerprint density at radius 2 is 2.05 bits per heavy atom. The topological polar surface area (TPSA) is 66.5 Å². The Kier molecular flexibility index (Phi) is 5.81. The van der Waals surface area contributed by atoms with Gasteiger partial charge >= 0.3 is 6.09 Å². The third-order valence-corrected chi connectivity index (χ3v) is 2.57. The molecule has 1 rings (SSSR count). The first-order valence-electron chi connectivity index (χ1n) is 7.04. The summed E-state index contributed by atoms with van der Waals surface area (Å²) in [6.45, 7) is 7.98. The number of aromatic nitrogens is 1. The van der Waals surface area contributed by atoms with Gasteiger partial charge in [0.15, 0.2) is 0 Å². The third kappa shape index (κ3) is 6.83. The van der Waals surface area contributed by atoms with E-state index >= 15 is 0 Å². The summed E-state index contributed by atoms with van der Waals surface area (Å²) < 4.78 is 5.18. The Bertz CT molecular complexity index is 452. The Labute approximate surface area is 126 Å². The SMILES string of the molecule is CC(CNC(=O)OC(C)(C)C)Nc1ccc(N(C)C)nc1. The third-order valence-electron chi connectivity index (χ3n) is 2.57. The van der Waals surface area contributed by atoms with Crippen molar-refractivity contribution >= 4 is 17.6 Å². The highest BCUT2D eigenvalue weighted by atomic mass is 16.6. The second-order valence-electron chi connectivity index (χ2n) is 6.23. The molecule has 0 aliphatic rings. The van der Waals surface area contributed by atoms with Gasteiger partial charge in [0.2, 0.25) is 0 Å². The molecular weight excluding hydrogens is 268 g/mol. The molecule has 1 amide bonds. The molecule has 0 aliphatic heterocycles. The first-order valence-corrected chi connectivity index (χ1v) is 7.04. The van der Waals surface area contributed by atoms with E-state index in [0.717, 1.165) is 11.5 Å². The quantitative estimate of drug-likeness (QED) is 0.873. The smallest absolute Gasteiger partial charge is 0.407 e. The number of ether oxygens (including phenoxy) is 1. The van der Waals surface area contributed by atoms with Crippen molar-refractivity contribution < 1.29 is 9.53 Å². The first-order chi connectivity index (χ1) is 9.67. The van der Waals surface area contributed by atoms with Crippen LogP contribution in [0.25, 0.3) is 0 Å². The molecule has 1 aromatic heterocycles. The summed E-state index contributed by atoms with van der Waals surface area (Å²) in [5, 5.41) is 6.01. The molecule has 0 aromatic carbocycles. The fourth-order valence-electron chi connectivity index (χ4n) is 1.62. The number of nitrogens with one attached hydrogen (secondary N) is 2. The van der Waals surface area contributed by atoms with Gasteiger partial charge in [0, 0.05) is 26.7 Å². The number of carbonyl (C=O) groups is 1. The van der Waals surface area contributed by atoms with Gasteiger partial charge in [-0.15, -0.1) is 0 Å². The molecule has 2 N–H and O–H groups in total. The number of anilines is 2. The van der Waals surface area contributed by atoms with Gasteiger partial charge in [-0.25, -0.2) is 9.78 Å². The van der Waals surface area contributed by atoms with Gasteiger partial charge in [0.25, 0.3) is 0 Å². The van der Waals surface area contributed by atoms with Gasteiger partial charge in [-0.2, -0.15) is 0 Å². The van der Waals surface area contributed by atoms with Crippen molar-refractivity contribution in [2.75, 3.05) is 30.9 Å². The van der Waals surface area contributed by atoms with Crippen LogP contribution in [0, 0.1) is 0 Å². The monoisotopic (exact) mass is 294 g/mol. The summed E-state index contributed by atoms with van der Waals surface area (Å²) in [4.78, 5) is 17.8. The first kappa shape index (κ1) is 17.1. The highest BCUT2D eigenvalue weighted by Gasteiger charge is 2.16. The van der Waals surface area contributed by atoms with Crippen LogP contribution in [0.15, 0.2) is 18.3 Å². The van der Waals surface area contributed by atoms with Crippen molar-refractivity contribution in [3.8, 4) is 0 Å². The Morgan fingerprint density at radius 1 is 1.38 bits per heavy atom. The summed E-state index contributed by atoms with van der Waals surface area (Å²) in [6.07, 6.45) is 1.37. The van der Waals surface area contributed by atoms with Crippen molar-refractivity contribution in [1.82, 2.24) is 10.3 Å². The van der Waals surface area contributed by atoms with Gasteiger partial charge in [-0.1, -0.05) is 0 Å². The molecule has 0 saturated heterocycles. The second-order valence-corrected chi connectivity index (χ2v) is 6.23. The maximum absolute atomic E-state index is 11.6. The van der Waals surface area contributed by atoms with E-state index in [9.17, 15) is 4.79 Å². The zero-order chi connectivity index (χ0) is 16.0. The van der Waals surface area contributed by atoms with Crippen molar-refractivity contribution in [1.29, 1.82) is 0 Å². The summed E-state index contributed by atoms with van der Waals surface area (Å²) in [5.74, 6) is 0.903. The summed E-state index contributed by atoms with van der Waals surface area (Å²) in [7, 11) is 3.89. The van der Waals surface area contributed by atoms with Gasteiger partial charge < -0.3 is 20.3 Å². The van der Waals surface area contributed by atoms with Crippen molar-refractivity contribution in [2.45, 2.75) is 39.3 Å². The highest BCUT2D eigenvalue weighted by molar-refractivity contribution is 5.67. The molecule has 1 unspecified atom stereocenters. The van der Waals surface area contributed by atoms with E-state index in [1.165, 1.54) is 0 Å². The lowest BCUT2D eigenvalue weighted by Gasteiger charge is -2.21. The second kappa shape index (κ2) is 7.15. The van der Waals surface area contributed by atoms with Gasteiger partial charge in [0.05, 0.1) is 11.9 Å².